The van der Waals surface area contributed by atoms with Crippen LogP contribution < -0.4 is 10.6 Å². The number of hydrogen-bond acceptors (Lipinski definition) is 13. The van der Waals surface area contributed by atoms with Gasteiger partial charge in [0, 0.05) is 48.7 Å². The van der Waals surface area contributed by atoms with Crippen LogP contribution in [0.4, 0.5) is 0 Å². The Morgan fingerprint density at radius 2 is 1.75 bits per heavy atom. The van der Waals surface area contributed by atoms with Crippen molar-refractivity contribution in [2.24, 2.45) is 17.8 Å². The largest absolute Gasteiger partial charge is 0.508 e. The molecule has 1 aliphatic rings. The quantitative estimate of drug-likeness (QED) is 0.0473. The Morgan fingerprint density at radius 1 is 1.05 bits per heavy atom. The Labute approximate surface area is 356 Å². The second-order valence-electron chi connectivity index (χ2n) is 15.7. The minimum atomic E-state index is -1.61. The number of ether oxygens (including phenoxy) is 2. The molecule has 17 heteroatoms. The second-order valence-corrected chi connectivity index (χ2v) is 16.9. The molecule has 7 atom stereocenters. The number of carbonyl (C=O) groups excluding carboxylic acids is 5. The number of piperidine rings is 1. The minimum absolute atomic E-state index is 0.00848. The van der Waals surface area contributed by atoms with Crippen LogP contribution in [0.3, 0.4) is 0 Å². The average Bonchev–Trinajstić information content (AvgIpc) is 3.69. The van der Waals surface area contributed by atoms with Gasteiger partial charge in [-0.05, 0) is 68.8 Å². The predicted molar refractivity (Wildman–Crippen MR) is 224 cm³/mol. The minimum Gasteiger partial charge on any atom is -0.508 e. The molecule has 0 aliphatic carbocycles. The van der Waals surface area contributed by atoms with Crippen molar-refractivity contribution in [3.63, 3.8) is 0 Å². The van der Waals surface area contributed by atoms with E-state index in [0.29, 0.717) is 19.3 Å². The third kappa shape index (κ3) is 15.5. The van der Waals surface area contributed by atoms with Gasteiger partial charge in [-0.2, -0.15) is 0 Å². The molecule has 0 radical (unpaired) electrons. The molecule has 0 spiro atoms. The molecule has 59 heavy (non-hydrogen) atoms. The first-order valence-corrected chi connectivity index (χ1v) is 21.6. The normalized spacial score (nSPS) is 17.8. The Hall–Kier alpha value is -4.09. The molecule has 3 rings (SSSR count). The van der Waals surface area contributed by atoms with E-state index < -0.39 is 73.0 Å². The number of esters is 2. The summed E-state index contributed by atoms with van der Waals surface area (Å²) in [6, 6.07) is 3.86. The van der Waals surface area contributed by atoms with E-state index in [1.807, 2.05) is 39.6 Å². The molecule has 1 aliphatic heterocycles. The van der Waals surface area contributed by atoms with Crippen molar-refractivity contribution >= 4 is 52.6 Å². The standard InChI is InChI=1S/C42H62ClN5O10S/c1-8-26(4)37(46-39(53)33-12-9-10-19-47(33)7)41(54)48(24-57-36(51)13-11-18-43)34(25(2)3)22-35(58-28(6)49)40-45-32(23-59-40)38(52)44-30(20-27(5)42(55)56)21-29-14-16-31(50)17-15-29/h11,13-17,23,25-27,30,33-35,37,42,50,55-56H,8-10,12,18-22,24H2,1-7H3,(H,44,52)(H,46,53)/b13-11+/t26?,27-,30+,33+,34+,35+,37-/m0/s1. The van der Waals surface area contributed by atoms with Gasteiger partial charge in [-0.3, -0.25) is 24.1 Å². The number of benzene rings is 1. The fourth-order valence-corrected chi connectivity index (χ4v) is 7.95. The molecule has 0 bridgehead atoms. The third-order valence-corrected chi connectivity index (χ3v) is 11.8. The average molecular weight is 865 g/mol. The van der Waals surface area contributed by atoms with Crippen LogP contribution in [0, 0.1) is 17.8 Å². The number of thiazole rings is 1. The van der Waals surface area contributed by atoms with Gasteiger partial charge >= 0.3 is 11.9 Å². The van der Waals surface area contributed by atoms with E-state index in [1.54, 1.807) is 19.1 Å². The van der Waals surface area contributed by atoms with Crippen LogP contribution in [-0.4, -0.2) is 116 Å². The number of nitrogens with one attached hydrogen (secondary N) is 2. The van der Waals surface area contributed by atoms with E-state index in [9.17, 15) is 39.3 Å². The highest BCUT2D eigenvalue weighted by Gasteiger charge is 2.39. The Morgan fingerprint density at radius 3 is 2.34 bits per heavy atom. The highest BCUT2D eigenvalue weighted by Crippen LogP contribution is 2.32. The lowest BCUT2D eigenvalue weighted by Gasteiger charge is -2.39. The summed E-state index contributed by atoms with van der Waals surface area (Å²) < 4.78 is 11.4. The Kier molecular flexibility index (Phi) is 20.2. The summed E-state index contributed by atoms with van der Waals surface area (Å²) in [4.78, 5) is 75.4. The van der Waals surface area contributed by atoms with Crippen LogP contribution in [-0.2, 0) is 35.1 Å². The predicted octanol–water partition coefficient (Wildman–Crippen LogP) is 4.69. The summed E-state index contributed by atoms with van der Waals surface area (Å²) in [5.74, 6) is -3.62. The maximum Gasteiger partial charge on any atom is 0.332 e. The summed E-state index contributed by atoms with van der Waals surface area (Å²) in [5.41, 5.74) is 0.842. The zero-order chi connectivity index (χ0) is 43.8. The Balaban J connectivity index is 1.96. The first-order chi connectivity index (χ1) is 27.9. The molecular weight excluding hydrogens is 802 g/mol. The van der Waals surface area contributed by atoms with E-state index in [0.717, 1.165) is 36.3 Å². The van der Waals surface area contributed by atoms with Crippen LogP contribution in [0.25, 0.3) is 0 Å². The van der Waals surface area contributed by atoms with Crippen LogP contribution >= 0.6 is 22.9 Å². The summed E-state index contributed by atoms with van der Waals surface area (Å²) in [5, 5.41) is 37.1. The maximum atomic E-state index is 14.8. The zero-order valence-corrected chi connectivity index (χ0v) is 36.7. The molecule has 15 nitrogen and oxygen atoms in total. The monoisotopic (exact) mass is 863 g/mol. The number of aromatic hydroxyl groups is 1. The van der Waals surface area contributed by atoms with Crippen molar-refractivity contribution in [1.29, 1.82) is 0 Å². The Bertz CT molecular complexity index is 1710. The number of carbonyl (C=O) groups is 5. The number of phenolic OH excluding ortho intramolecular Hbond substituents is 1. The van der Waals surface area contributed by atoms with Crippen molar-refractivity contribution < 1.29 is 48.8 Å². The lowest BCUT2D eigenvalue weighted by molar-refractivity contribution is -0.157. The van der Waals surface area contributed by atoms with Crippen LogP contribution in [0.1, 0.15) is 107 Å². The number of aliphatic hydroxyl groups is 2. The van der Waals surface area contributed by atoms with Crippen molar-refractivity contribution in [2.75, 3.05) is 26.2 Å². The molecule has 2 aromatic rings. The molecule has 2 heterocycles. The van der Waals surface area contributed by atoms with Gasteiger partial charge in [0.1, 0.15) is 22.5 Å². The van der Waals surface area contributed by atoms with E-state index in [2.05, 4.69) is 15.6 Å². The summed E-state index contributed by atoms with van der Waals surface area (Å²) in [6.45, 7) is 10.7. The van der Waals surface area contributed by atoms with E-state index in [4.69, 9.17) is 21.1 Å². The summed E-state index contributed by atoms with van der Waals surface area (Å²) in [6.07, 6.45) is 3.60. The van der Waals surface area contributed by atoms with Crippen LogP contribution in [0.2, 0.25) is 0 Å². The number of likely N-dealkylation sites (N-methyl/N-ethyl adjacent to an activating group) is 1. The van der Waals surface area contributed by atoms with Crippen molar-refractivity contribution in [3.05, 3.63) is 58.1 Å². The number of halogens is 1. The molecule has 1 aromatic carbocycles. The second kappa shape index (κ2) is 24.2. The fourth-order valence-electron chi connectivity index (χ4n) is 7.02. The smallest absolute Gasteiger partial charge is 0.332 e. The molecular formula is C42H62ClN5O10S. The van der Waals surface area contributed by atoms with Gasteiger partial charge in [-0.25, -0.2) is 9.78 Å². The number of aliphatic hydroxyl groups excluding tert-OH is 1. The molecule has 1 saturated heterocycles. The van der Waals surface area contributed by atoms with Gasteiger partial charge in [0.25, 0.3) is 5.91 Å². The number of alkyl halides is 1. The number of nitrogens with zero attached hydrogens (tertiary/aromatic N) is 3. The lowest BCUT2D eigenvalue weighted by Crippen LogP contribution is -2.59. The SMILES string of the molecule is CCC(C)[C@H](NC(=O)[C@H]1CCCCN1C)C(=O)N(COC(=O)/C=C/CCl)[C@H](C[C@@H](OC(C)=O)c1nc(C(=O)N[C@@H](Cc2ccc(O)cc2)C[C@H](C)C(O)O)cs1)C(C)C. The van der Waals surface area contributed by atoms with Crippen LogP contribution in [0.15, 0.2) is 41.8 Å². The molecule has 1 aromatic heterocycles. The van der Waals surface area contributed by atoms with Crippen molar-refractivity contribution in [2.45, 2.75) is 123 Å². The van der Waals surface area contributed by atoms with Crippen molar-refractivity contribution in [1.82, 2.24) is 25.4 Å². The molecule has 3 amide bonds. The highest BCUT2D eigenvalue weighted by molar-refractivity contribution is 7.09. The maximum absolute atomic E-state index is 14.8. The summed E-state index contributed by atoms with van der Waals surface area (Å²) >= 11 is 6.83. The van der Waals surface area contributed by atoms with E-state index in [-0.39, 0.29) is 52.9 Å². The number of likely N-dealkylation sites (tertiary alicyclic amines) is 1. The molecule has 1 unspecified atom stereocenters. The van der Waals surface area contributed by atoms with Crippen molar-refractivity contribution in [3.8, 4) is 5.75 Å². The van der Waals surface area contributed by atoms with E-state index >= 15 is 0 Å². The first kappa shape index (κ1) is 49.3. The zero-order valence-electron chi connectivity index (χ0n) is 35.1. The summed E-state index contributed by atoms with van der Waals surface area (Å²) in [7, 11) is 1.89. The number of phenols is 1. The van der Waals surface area contributed by atoms with Gasteiger partial charge in [-0.1, -0.05) is 65.7 Å². The molecule has 0 saturated carbocycles. The van der Waals surface area contributed by atoms with E-state index in [1.165, 1.54) is 41.5 Å². The number of amides is 3. The fraction of sp³-hybridized carbons (Fsp3) is 0.619. The number of aromatic nitrogens is 1. The molecule has 328 valence electrons. The third-order valence-electron chi connectivity index (χ3n) is 10.7. The van der Waals surface area contributed by atoms with Gasteiger partial charge in [0.15, 0.2) is 19.1 Å². The van der Waals surface area contributed by atoms with Gasteiger partial charge in [0.2, 0.25) is 11.8 Å². The topological polar surface area (TPSA) is 208 Å². The van der Waals surface area contributed by atoms with Crippen LogP contribution in [0.5, 0.6) is 5.75 Å². The lowest BCUT2D eigenvalue weighted by atomic mass is 9.92. The molecule has 5 N–H and O–H groups in total. The molecule has 1 fully saturated rings. The van der Waals surface area contributed by atoms with Gasteiger partial charge in [0.05, 0.1) is 6.04 Å². The number of rotatable bonds is 22. The number of allylic oxidation sites excluding steroid dienone is 1. The van der Waals surface area contributed by atoms with Gasteiger partial charge < -0.3 is 40.3 Å². The first-order valence-electron chi connectivity index (χ1n) is 20.2. The van der Waals surface area contributed by atoms with Gasteiger partial charge in [-0.15, -0.1) is 22.9 Å². The highest BCUT2D eigenvalue weighted by atomic mass is 35.5. The number of hydrogen-bond donors (Lipinski definition) is 5.